The number of benzene rings is 3. The lowest BCUT2D eigenvalue weighted by Crippen LogP contribution is -2.16. The summed E-state index contributed by atoms with van der Waals surface area (Å²) in [5.41, 5.74) is 2.51. The van der Waals surface area contributed by atoms with Crippen molar-refractivity contribution in [3.05, 3.63) is 69.4 Å². The average molecular weight is 451 g/mol. The van der Waals surface area contributed by atoms with Gasteiger partial charge < -0.3 is 15.2 Å². The number of hydrogen-bond donors (Lipinski definition) is 2. The molecule has 0 aliphatic heterocycles. The first-order valence-corrected chi connectivity index (χ1v) is 10.4. The minimum absolute atomic E-state index is 0.136. The van der Waals surface area contributed by atoms with Gasteiger partial charge in [0.15, 0.2) is 0 Å². The van der Waals surface area contributed by atoms with Gasteiger partial charge in [-0.2, -0.15) is 0 Å². The van der Waals surface area contributed by atoms with Crippen LogP contribution in [0.4, 0.5) is 5.69 Å². The van der Waals surface area contributed by atoms with Gasteiger partial charge in [-0.25, -0.2) is 4.98 Å². The SMILES string of the molecule is CN(C)CCCNc1ccc2ccc(-c3nc4c(Br)cccc4c(=O)[nH]3)cc2c1. The van der Waals surface area contributed by atoms with Crippen molar-refractivity contribution in [2.24, 2.45) is 0 Å². The minimum atomic E-state index is -0.136. The smallest absolute Gasteiger partial charge is 0.259 e. The van der Waals surface area contributed by atoms with Crippen molar-refractivity contribution in [2.45, 2.75) is 6.42 Å². The molecule has 0 fully saturated rings. The molecular weight excluding hydrogens is 428 g/mol. The lowest BCUT2D eigenvalue weighted by molar-refractivity contribution is 0.405. The van der Waals surface area contributed by atoms with Crippen LogP contribution in [0.2, 0.25) is 0 Å². The maximum absolute atomic E-state index is 12.5. The van der Waals surface area contributed by atoms with Crippen molar-refractivity contribution in [3.63, 3.8) is 0 Å². The number of H-pyrrole nitrogens is 1. The quantitative estimate of drug-likeness (QED) is 0.411. The number of halogens is 1. The van der Waals surface area contributed by atoms with E-state index in [4.69, 9.17) is 0 Å². The molecule has 29 heavy (non-hydrogen) atoms. The summed E-state index contributed by atoms with van der Waals surface area (Å²) in [6.07, 6.45) is 1.09. The molecule has 0 aliphatic carbocycles. The Morgan fingerprint density at radius 3 is 2.72 bits per heavy atom. The third kappa shape index (κ3) is 4.33. The zero-order valence-corrected chi connectivity index (χ0v) is 18.1. The van der Waals surface area contributed by atoms with Gasteiger partial charge in [0.1, 0.15) is 5.82 Å². The number of rotatable bonds is 6. The molecule has 6 heteroatoms. The first kappa shape index (κ1) is 19.6. The number of anilines is 1. The molecule has 5 nitrogen and oxygen atoms in total. The Hall–Kier alpha value is -2.70. The zero-order valence-electron chi connectivity index (χ0n) is 16.5. The van der Waals surface area contributed by atoms with E-state index in [0.717, 1.165) is 46.0 Å². The van der Waals surface area contributed by atoms with Crippen molar-refractivity contribution < 1.29 is 0 Å². The topological polar surface area (TPSA) is 61.0 Å². The van der Waals surface area contributed by atoms with Crippen LogP contribution in [-0.4, -0.2) is 42.1 Å². The largest absolute Gasteiger partial charge is 0.385 e. The molecule has 0 saturated carbocycles. The van der Waals surface area contributed by atoms with Crippen LogP contribution < -0.4 is 10.9 Å². The number of para-hydroxylation sites is 1. The highest BCUT2D eigenvalue weighted by Gasteiger charge is 2.09. The standard InChI is InChI=1S/C23H23BrN4O/c1-28(2)12-4-11-25-18-10-9-15-7-8-16(13-17(15)14-18)22-26-21-19(23(29)27-22)5-3-6-20(21)24/h3,5-10,13-14,25H,4,11-12H2,1-2H3,(H,26,27,29). The number of nitrogens with one attached hydrogen (secondary N) is 2. The number of fused-ring (bicyclic) bond motifs is 2. The number of nitrogens with zero attached hydrogens (tertiary/aromatic N) is 2. The number of aromatic nitrogens is 2. The second-order valence-corrected chi connectivity index (χ2v) is 8.27. The molecule has 148 valence electrons. The van der Waals surface area contributed by atoms with Gasteiger partial charge in [0.25, 0.3) is 5.56 Å². The summed E-state index contributed by atoms with van der Waals surface area (Å²) in [7, 11) is 4.17. The minimum Gasteiger partial charge on any atom is -0.385 e. The summed E-state index contributed by atoms with van der Waals surface area (Å²) in [6, 6.07) is 18.0. The van der Waals surface area contributed by atoms with E-state index in [0.29, 0.717) is 16.7 Å². The normalized spacial score (nSPS) is 11.4. The van der Waals surface area contributed by atoms with Gasteiger partial charge >= 0.3 is 0 Å². The van der Waals surface area contributed by atoms with E-state index in [1.54, 1.807) is 6.07 Å². The van der Waals surface area contributed by atoms with Gasteiger partial charge in [-0.1, -0.05) is 24.3 Å². The number of aromatic amines is 1. The molecule has 0 bridgehead atoms. The van der Waals surface area contributed by atoms with Crippen LogP contribution in [0.25, 0.3) is 33.1 Å². The molecule has 0 radical (unpaired) electrons. The van der Waals surface area contributed by atoms with E-state index >= 15 is 0 Å². The van der Waals surface area contributed by atoms with Crippen LogP contribution in [-0.2, 0) is 0 Å². The molecule has 1 aromatic heterocycles. The Bertz CT molecular complexity index is 1230. The lowest BCUT2D eigenvalue weighted by Gasteiger charge is -2.11. The highest BCUT2D eigenvalue weighted by Crippen LogP contribution is 2.26. The number of hydrogen-bond acceptors (Lipinski definition) is 4. The summed E-state index contributed by atoms with van der Waals surface area (Å²) < 4.78 is 0.812. The Morgan fingerprint density at radius 2 is 1.90 bits per heavy atom. The van der Waals surface area contributed by atoms with Crippen LogP contribution in [0.15, 0.2) is 63.9 Å². The van der Waals surface area contributed by atoms with E-state index < -0.39 is 0 Å². The van der Waals surface area contributed by atoms with Crippen LogP contribution in [0.1, 0.15) is 6.42 Å². The van der Waals surface area contributed by atoms with E-state index in [2.05, 4.69) is 80.5 Å². The molecule has 0 atom stereocenters. The van der Waals surface area contributed by atoms with Gasteiger partial charge in [0.2, 0.25) is 0 Å². The third-order valence-corrected chi connectivity index (χ3v) is 5.55. The second kappa shape index (κ2) is 8.35. The van der Waals surface area contributed by atoms with Gasteiger partial charge in [-0.05, 0) is 84.1 Å². The fourth-order valence-electron chi connectivity index (χ4n) is 3.40. The molecule has 2 N–H and O–H groups in total. The summed E-state index contributed by atoms with van der Waals surface area (Å²) in [4.78, 5) is 22.3. The van der Waals surface area contributed by atoms with E-state index in [9.17, 15) is 4.79 Å². The third-order valence-electron chi connectivity index (χ3n) is 4.91. The van der Waals surface area contributed by atoms with Crippen molar-refractivity contribution in [3.8, 4) is 11.4 Å². The fourth-order valence-corrected chi connectivity index (χ4v) is 3.85. The van der Waals surface area contributed by atoms with Crippen LogP contribution in [0.5, 0.6) is 0 Å². The molecule has 1 heterocycles. The van der Waals surface area contributed by atoms with Gasteiger partial charge in [-0.3, -0.25) is 4.79 Å². The Labute approximate surface area is 177 Å². The van der Waals surface area contributed by atoms with E-state index in [1.165, 1.54) is 0 Å². The first-order chi connectivity index (χ1) is 14.0. The van der Waals surface area contributed by atoms with E-state index in [1.807, 2.05) is 18.2 Å². The second-order valence-electron chi connectivity index (χ2n) is 7.41. The Kier molecular flexibility index (Phi) is 5.65. The Morgan fingerprint density at radius 1 is 1.07 bits per heavy atom. The molecule has 0 aliphatic rings. The average Bonchev–Trinajstić information content (AvgIpc) is 2.71. The summed E-state index contributed by atoms with van der Waals surface area (Å²) in [5, 5.41) is 6.32. The van der Waals surface area contributed by atoms with Crippen LogP contribution in [0, 0.1) is 0 Å². The van der Waals surface area contributed by atoms with Crippen molar-refractivity contribution in [1.29, 1.82) is 0 Å². The zero-order chi connectivity index (χ0) is 20.4. The molecule has 0 spiro atoms. The fraction of sp³-hybridized carbons (Fsp3) is 0.217. The lowest BCUT2D eigenvalue weighted by atomic mass is 10.1. The molecule has 0 unspecified atom stereocenters. The molecule has 3 aromatic carbocycles. The molecule has 4 aromatic rings. The maximum Gasteiger partial charge on any atom is 0.259 e. The molecule has 0 saturated heterocycles. The van der Waals surface area contributed by atoms with Crippen LogP contribution >= 0.6 is 15.9 Å². The van der Waals surface area contributed by atoms with Crippen molar-refractivity contribution >= 4 is 43.3 Å². The van der Waals surface area contributed by atoms with Gasteiger partial charge in [0.05, 0.1) is 10.9 Å². The first-order valence-electron chi connectivity index (χ1n) is 9.62. The monoisotopic (exact) mass is 450 g/mol. The van der Waals surface area contributed by atoms with Gasteiger partial charge in [-0.15, -0.1) is 0 Å². The molecule has 0 amide bonds. The summed E-state index contributed by atoms with van der Waals surface area (Å²) >= 11 is 3.50. The predicted molar refractivity (Wildman–Crippen MR) is 125 cm³/mol. The van der Waals surface area contributed by atoms with Crippen molar-refractivity contribution in [1.82, 2.24) is 14.9 Å². The van der Waals surface area contributed by atoms with Crippen molar-refractivity contribution in [2.75, 3.05) is 32.5 Å². The molecule has 4 rings (SSSR count). The predicted octanol–water partition coefficient (Wildman–Crippen LogP) is 4.87. The highest BCUT2D eigenvalue weighted by atomic mass is 79.9. The van der Waals surface area contributed by atoms with E-state index in [-0.39, 0.29) is 5.56 Å². The summed E-state index contributed by atoms with van der Waals surface area (Å²) in [5.74, 6) is 0.570. The van der Waals surface area contributed by atoms with Crippen LogP contribution in [0.3, 0.4) is 0 Å². The molecular formula is C23H23BrN4O. The maximum atomic E-state index is 12.5. The Balaban J connectivity index is 1.67. The summed E-state index contributed by atoms with van der Waals surface area (Å²) in [6.45, 7) is 1.98. The van der Waals surface area contributed by atoms with Gasteiger partial charge in [0, 0.05) is 22.3 Å². The highest BCUT2D eigenvalue weighted by molar-refractivity contribution is 9.10.